The second kappa shape index (κ2) is 7.45. The Morgan fingerprint density at radius 3 is 2.40 bits per heavy atom. The highest BCUT2D eigenvalue weighted by Crippen LogP contribution is 2.24. The van der Waals surface area contributed by atoms with Crippen LogP contribution in [0.3, 0.4) is 0 Å². The van der Waals surface area contributed by atoms with Crippen LogP contribution in [0.4, 0.5) is 5.82 Å². The molecule has 5 atom stereocenters. The number of nitrogens with zero attached hydrogens (tertiary/aromatic N) is 2. The molecule has 1 fully saturated rings. The number of carbonyl (C=O) groups is 1. The SMILES string of the molecule is COc1nc(NC2OC(OC)C(O)C(O)C2O)c(C(C)=O)c(=O)n1C. The third kappa shape index (κ3) is 3.50. The first-order chi connectivity index (χ1) is 11.7. The van der Waals surface area contributed by atoms with Gasteiger partial charge in [-0.2, -0.15) is 4.98 Å². The first-order valence-corrected chi connectivity index (χ1v) is 7.37. The highest BCUT2D eigenvalue weighted by atomic mass is 16.7. The fourth-order valence-corrected chi connectivity index (χ4v) is 2.48. The summed E-state index contributed by atoms with van der Waals surface area (Å²) in [5.74, 6) is -0.748. The molecule has 1 aromatic heterocycles. The van der Waals surface area contributed by atoms with Gasteiger partial charge >= 0.3 is 6.01 Å². The summed E-state index contributed by atoms with van der Waals surface area (Å²) in [5.41, 5.74) is -0.926. The van der Waals surface area contributed by atoms with E-state index in [4.69, 9.17) is 14.2 Å². The minimum atomic E-state index is -1.58. The Bertz CT molecular complexity index is 704. The topological polar surface area (TPSA) is 152 Å². The molecule has 0 radical (unpaired) electrons. The van der Waals surface area contributed by atoms with Gasteiger partial charge in [-0.25, -0.2) is 0 Å². The maximum atomic E-state index is 12.3. The van der Waals surface area contributed by atoms with E-state index in [2.05, 4.69) is 10.3 Å². The number of ketones is 1. The molecule has 2 heterocycles. The molecular weight excluding hydrogens is 338 g/mol. The predicted octanol–water partition coefficient (Wildman–Crippen LogP) is -2.19. The van der Waals surface area contributed by atoms with Gasteiger partial charge in [0.15, 0.2) is 18.3 Å². The lowest BCUT2D eigenvalue weighted by molar-refractivity contribution is -0.283. The second-order valence-corrected chi connectivity index (χ2v) is 5.52. The van der Waals surface area contributed by atoms with Gasteiger partial charge in [0.2, 0.25) is 0 Å². The van der Waals surface area contributed by atoms with Crippen LogP contribution in [0.25, 0.3) is 0 Å². The van der Waals surface area contributed by atoms with E-state index in [9.17, 15) is 24.9 Å². The van der Waals surface area contributed by atoms with Crippen molar-refractivity contribution in [2.75, 3.05) is 19.5 Å². The minimum Gasteiger partial charge on any atom is -0.468 e. The molecule has 4 N–H and O–H groups in total. The van der Waals surface area contributed by atoms with Gasteiger partial charge in [-0.05, 0) is 6.92 Å². The van der Waals surface area contributed by atoms with Crippen LogP contribution in [-0.2, 0) is 16.5 Å². The lowest BCUT2D eigenvalue weighted by Crippen LogP contribution is -2.60. The molecule has 140 valence electrons. The molecule has 1 aliphatic rings. The van der Waals surface area contributed by atoms with Crippen molar-refractivity contribution < 1.29 is 34.3 Å². The van der Waals surface area contributed by atoms with E-state index in [0.29, 0.717) is 0 Å². The first-order valence-electron chi connectivity index (χ1n) is 7.37. The van der Waals surface area contributed by atoms with E-state index in [1.54, 1.807) is 0 Å². The maximum Gasteiger partial charge on any atom is 0.300 e. The molecule has 0 saturated carbocycles. The number of methoxy groups -OCH3 is 2. The molecule has 5 unspecified atom stereocenters. The molecule has 1 aromatic rings. The molecule has 1 aliphatic heterocycles. The molecule has 1 saturated heterocycles. The third-order valence-electron chi connectivity index (χ3n) is 3.87. The van der Waals surface area contributed by atoms with E-state index in [-0.39, 0.29) is 17.4 Å². The van der Waals surface area contributed by atoms with E-state index in [0.717, 1.165) is 4.57 Å². The summed E-state index contributed by atoms with van der Waals surface area (Å²) in [7, 11) is 3.93. The molecule has 0 spiro atoms. The summed E-state index contributed by atoms with van der Waals surface area (Å²) in [4.78, 5) is 28.2. The van der Waals surface area contributed by atoms with Gasteiger partial charge in [0.25, 0.3) is 5.56 Å². The van der Waals surface area contributed by atoms with Crippen molar-refractivity contribution >= 4 is 11.6 Å². The lowest BCUT2D eigenvalue weighted by atomic mass is 10.0. The van der Waals surface area contributed by atoms with Crippen LogP contribution in [0.1, 0.15) is 17.3 Å². The molecule has 11 heteroatoms. The van der Waals surface area contributed by atoms with E-state index in [1.807, 2.05) is 0 Å². The largest absolute Gasteiger partial charge is 0.468 e. The van der Waals surface area contributed by atoms with E-state index in [1.165, 1.54) is 28.2 Å². The number of anilines is 1. The number of aliphatic hydroxyl groups excluding tert-OH is 3. The Kier molecular flexibility index (Phi) is 5.75. The van der Waals surface area contributed by atoms with Gasteiger partial charge < -0.3 is 34.8 Å². The summed E-state index contributed by atoms with van der Waals surface area (Å²) in [6, 6.07) is -0.0772. The van der Waals surface area contributed by atoms with Crippen LogP contribution >= 0.6 is 0 Å². The maximum absolute atomic E-state index is 12.3. The third-order valence-corrected chi connectivity index (χ3v) is 3.87. The number of nitrogens with one attached hydrogen (secondary N) is 1. The van der Waals surface area contributed by atoms with Crippen LogP contribution in [0, 0.1) is 0 Å². The Morgan fingerprint density at radius 1 is 1.24 bits per heavy atom. The zero-order valence-electron chi connectivity index (χ0n) is 14.2. The molecular formula is C14H21N3O8. The Balaban J connectivity index is 2.43. The number of aliphatic hydroxyl groups is 3. The van der Waals surface area contributed by atoms with Crippen molar-refractivity contribution in [3.05, 3.63) is 15.9 Å². The van der Waals surface area contributed by atoms with Crippen LogP contribution in [0.15, 0.2) is 4.79 Å². The van der Waals surface area contributed by atoms with Gasteiger partial charge in [0, 0.05) is 14.2 Å². The molecule has 0 bridgehead atoms. The van der Waals surface area contributed by atoms with Crippen LogP contribution < -0.4 is 15.6 Å². The number of ether oxygens (including phenoxy) is 3. The average molecular weight is 359 g/mol. The monoisotopic (exact) mass is 359 g/mol. The molecule has 0 amide bonds. The van der Waals surface area contributed by atoms with Gasteiger partial charge in [-0.15, -0.1) is 0 Å². The van der Waals surface area contributed by atoms with Crippen molar-refractivity contribution in [2.45, 2.75) is 37.8 Å². The van der Waals surface area contributed by atoms with Crippen LogP contribution in [0.2, 0.25) is 0 Å². The zero-order chi connectivity index (χ0) is 18.9. The standard InChI is InChI=1S/C14H21N3O8/c1-5(18)6-10(16-14(24-4)17(2)12(6)22)15-11-8(20)7(19)9(21)13(23-3)25-11/h7-9,11,13,15,19-21H,1-4H3. The highest BCUT2D eigenvalue weighted by Gasteiger charge is 2.44. The normalized spacial score (nSPS) is 29.3. The number of hydrogen-bond donors (Lipinski definition) is 4. The van der Waals surface area contributed by atoms with Gasteiger partial charge in [0.05, 0.1) is 7.11 Å². The Hall–Kier alpha value is -2.05. The highest BCUT2D eigenvalue weighted by molar-refractivity contribution is 5.98. The molecule has 0 aliphatic carbocycles. The zero-order valence-corrected chi connectivity index (χ0v) is 14.2. The fraction of sp³-hybridized carbons (Fsp3) is 0.643. The van der Waals surface area contributed by atoms with Gasteiger partial charge in [0.1, 0.15) is 29.7 Å². The number of aromatic nitrogens is 2. The number of hydrogen-bond acceptors (Lipinski definition) is 10. The summed E-state index contributed by atoms with van der Waals surface area (Å²) in [5, 5.41) is 32.3. The van der Waals surface area contributed by atoms with E-state index >= 15 is 0 Å². The number of carbonyl (C=O) groups excluding carboxylic acids is 1. The quantitative estimate of drug-likeness (QED) is 0.427. The van der Waals surface area contributed by atoms with Crippen LogP contribution in [0.5, 0.6) is 6.01 Å². The van der Waals surface area contributed by atoms with Crippen molar-refractivity contribution in [1.29, 1.82) is 0 Å². The van der Waals surface area contributed by atoms with Crippen molar-refractivity contribution in [2.24, 2.45) is 7.05 Å². The Morgan fingerprint density at radius 2 is 1.88 bits per heavy atom. The molecule has 2 rings (SSSR count). The predicted molar refractivity (Wildman–Crippen MR) is 83.3 cm³/mol. The molecule has 0 aromatic carbocycles. The summed E-state index contributed by atoms with van der Waals surface area (Å²) in [6.45, 7) is 1.19. The molecule has 11 nitrogen and oxygen atoms in total. The summed E-state index contributed by atoms with van der Waals surface area (Å²) >= 11 is 0. The van der Waals surface area contributed by atoms with Crippen molar-refractivity contribution in [1.82, 2.24) is 9.55 Å². The van der Waals surface area contributed by atoms with Crippen LogP contribution in [-0.4, -0.2) is 75.7 Å². The van der Waals surface area contributed by atoms with E-state index < -0.39 is 42.2 Å². The number of rotatable bonds is 5. The number of Topliss-reactive ketones (excluding diaryl/α,β-unsaturated/α-hetero) is 1. The first kappa shape index (κ1) is 19.3. The average Bonchev–Trinajstić information content (AvgIpc) is 2.57. The second-order valence-electron chi connectivity index (χ2n) is 5.52. The molecule has 25 heavy (non-hydrogen) atoms. The smallest absolute Gasteiger partial charge is 0.300 e. The summed E-state index contributed by atoms with van der Waals surface area (Å²) < 4.78 is 16.2. The van der Waals surface area contributed by atoms with Crippen molar-refractivity contribution in [3.63, 3.8) is 0 Å². The van der Waals surface area contributed by atoms with Gasteiger partial charge in [-0.1, -0.05) is 0 Å². The Labute approximate surface area is 142 Å². The summed E-state index contributed by atoms with van der Waals surface area (Å²) in [6.07, 6.45) is -7.16. The van der Waals surface area contributed by atoms with Crippen molar-refractivity contribution in [3.8, 4) is 6.01 Å². The fourth-order valence-electron chi connectivity index (χ4n) is 2.48. The van der Waals surface area contributed by atoms with Gasteiger partial charge in [-0.3, -0.25) is 14.2 Å². The lowest BCUT2D eigenvalue weighted by Gasteiger charge is -2.40. The minimum absolute atomic E-state index is 0.0772.